The molecule has 1 saturated carbocycles. The molecule has 2 aromatic rings. The lowest BCUT2D eigenvalue weighted by Crippen LogP contribution is -2.23. The molecular weight excluding hydrogens is 304 g/mol. The summed E-state index contributed by atoms with van der Waals surface area (Å²) in [5, 5.41) is 6.17. The highest BCUT2D eigenvalue weighted by atomic mass is 16.5. The van der Waals surface area contributed by atoms with Crippen molar-refractivity contribution < 1.29 is 9.53 Å². The number of carbonyl (C=O) groups excluding carboxylic acids is 1. The van der Waals surface area contributed by atoms with Crippen LogP contribution in [0.3, 0.4) is 0 Å². The summed E-state index contributed by atoms with van der Waals surface area (Å²) >= 11 is 0. The zero-order valence-corrected chi connectivity index (χ0v) is 13.8. The molecule has 1 aromatic heterocycles. The van der Waals surface area contributed by atoms with Gasteiger partial charge in [0.05, 0.1) is 12.7 Å². The Morgan fingerprint density at radius 2 is 1.83 bits per heavy atom. The Kier molecular flexibility index (Phi) is 5.25. The van der Waals surface area contributed by atoms with Gasteiger partial charge in [-0.25, -0.2) is 9.97 Å². The summed E-state index contributed by atoms with van der Waals surface area (Å²) < 4.78 is 5.11. The van der Waals surface area contributed by atoms with Gasteiger partial charge in [0.25, 0.3) is 5.91 Å². The number of rotatable bonds is 6. The second kappa shape index (κ2) is 7.77. The third-order valence-corrected chi connectivity index (χ3v) is 4.21. The first-order chi connectivity index (χ1) is 11.7. The number of hydrogen-bond donors (Lipinski definition) is 2. The van der Waals surface area contributed by atoms with Crippen LogP contribution in [-0.2, 0) is 6.54 Å². The maximum Gasteiger partial charge on any atom is 0.254 e. The monoisotopic (exact) mass is 326 g/mol. The maximum absolute atomic E-state index is 12.2. The summed E-state index contributed by atoms with van der Waals surface area (Å²) in [4.78, 5) is 20.6. The van der Waals surface area contributed by atoms with Gasteiger partial charge in [-0.2, -0.15) is 0 Å². The minimum atomic E-state index is -0.182. The topological polar surface area (TPSA) is 76.1 Å². The molecule has 0 spiro atoms. The predicted molar refractivity (Wildman–Crippen MR) is 92.1 cm³/mol. The molecule has 126 valence electrons. The predicted octanol–water partition coefficient (Wildman–Crippen LogP) is 2.77. The van der Waals surface area contributed by atoms with Crippen LogP contribution in [0.15, 0.2) is 36.7 Å². The van der Waals surface area contributed by atoms with Gasteiger partial charge in [-0.15, -0.1) is 0 Å². The lowest BCUT2D eigenvalue weighted by Gasteiger charge is -2.11. The molecule has 1 aliphatic carbocycles. The van der Waals surface area contributed by atoms with Crippen molar-refractivity contribution in [3.8, 4) is 5.75 Å². The van der Waals surface area contributed by atoms with Crippen LogP contribution in [0.5, 0.6) is 5.75 Å². The average Bonchev–Trinajstić information content (AvgIpc) is 3.14. The van der Waals surface area contributed by atoms with Crippen molar-refractivity contribution in [1.82, 2.24) is 15.3 Å². The largest absolute Gasteiger partial charge is 0.497 e. The van der Waals surface area contributed by atoms with Crippen molar-refractivity contribution in [3.63, 3.8) is 0 Å². The van der Waals surface area contributed by atoms with Gasteiger partial charge in [0, 0.05) is 25.0 Å². The van der Waals surface area contributed by atoms with Crippen molar-refractivity contribution >= 4 is 11.9 Å². The summed E-state index contributed by atoms with van der Waals surface area (Å²) in [5.41, 5.74) is 1.46. The Balaban J connectivity index is 1.52. The van der Waals surface area contributed by atoms with Crippen LogP contribution in [-0.4, -0.2) is 29.0 Å². The highest BCUT2D eigenvalue weighted by Crippen LogP contribution is 2.20. The number of nitrogens with zero attached hydrogens (tertiary/aromatic N) is 2. The Bertz CT molecular complexity index is 664. The normalized spacial score (nSPS) is 14.4. The fraction of sp³-hybridized carbons (Fsp3) is 0.389. The van der Waals surface area contributed by atoms with E-state index in [0.717, 1.165) is 24.2 Å². The molecule has 0 atom stereocenters. The summed E-state index contributed by atoms with van der Waals surface area (Å²) in [5.74, 6) is 1.20. The van der Waals surface area contributed by atoms with E-state index in [1.165, 1.54) is 12.8 Å². The van der Waals surface area contributed by atoms with E-state index in [-0.39, 0.29) is 5.91 Å². The van der Waals surface area contributed by atoms with Gasteiger partial charge >= 0.3 is 0 Å². The van der Waals surface area contributed by atoms with Crippen LogP contribution >= 0.6 is 0 Å². The first kappa shape index (κ1) is 16.2. The van der Waals surface area contributed by atoms with E-state index in [1.54, 1.807) is 19.5 Å². The molecule has 1 fully saturated rings. The van der Waals surface area contributed by atoms with Crippen LogP contribution in [0, 0.1) is 0 Å². The molecule has 1 aromatic carbocycles. The van der Waals surface area contributed by atoms with Gasteiger partial charge in [-0.3, -0.25) is 4.79 Å². The number of anilines is 1. The van der Waals surface area contributed by atoms with Crippen LogP contribution in [0.25, 0.3) is 0 Å². The summed E-state index contributed by atoms with van der Waals surface area (Å²) in [7, 11) is 1.63. The number of benzene rings is 1. The van der Waals surface area contributed by atoms with Crippen molar-refractivity contribution in [2.75, 3.05) is 12.4 Å². The SMILES string of the molecule is COc1ccc(CNC(=O)c2cnc(NC3CCCC3)nc2)cc1. The number of ether oxygens (including phenoxy) is 1. The van der Waals surface area contributed by atoms with Crippen molar-refractivity contribution in [1.29, 1.82) is 0 Å². The minimum absolute atomic E-state index is 0.182. The van der Waals surface area contributed by atoms with E-state index in [9.17, 15) is 4.79 Å². The molecule has 2 N–H and O–H groups in total. The van der Waals surface area contributed by atoms with Crippen LogP contribution < -0.4 is 15.4 Å². The van der Waals surface area contributed by atoms with Gasteiger partial charge in [-0.05, 0) is 30.5 Å². The van der Waals surface area contributed by atoms with Crippen molar-refractivity contribution in [2.24, 2.45) is 0 Å². The second-order valence-corrected chi connectivity index (χ2v) is 5.95. The molecule has 0 saturated heterocycles. The van der Waals surface area contributed by atoms with Gasteiger partial charge in [0.2, 0.25) is 5.95 Å². The zero-order chi connectivity index (χ0) is 16.8. The van der Waals surface area contributed by atoms with Crippen molar-refractivity contribution in [3.05, 3.63) is 47.8 Å². The molecule has 0 unspecified atom stereocenters. The van der Waals surface area contributed by atoms with E-state index in [0.29, 0.717) is 24.1 Å². The first-order valence-electron chi connectivity index (χ1n) is 8.24. The molecule has 0 bridgehead atoms. The summed E-state index contributed by atoms with van der Waals surface area (Å²) in [6.07, 6.45) is 7.95. The highest BCUT2D eigenvalue weighted by molar-refractivity contribution is 5.93. The standard InChI is InChI=1S/C18H22N4O2/c1-24-16-8-6-13(7-9-16)10-19-17(23)14-11-20-18(21-12-14)22-15-4-2-3-5-15/h6-9,11-12,15H,2-5,10H2,1H3,(H,19,23)(H,20,21,22). The second-order valence-electron chi connectivity index (χ2n) is 5.95. The molecular formula is C18H22N4O2. The van der Waals surface area contributed by atoms with E-state index in [2.05, 4.69) is 20.6 Å². The molecule has 0 radical (unpaired) electrons. The molecule has 0 aliphatic heterocycles. The molecule has 3 rings (SSSR count). The minimum Gasteiger partial charge on any atom is -0.497 e. The highest BCUT2D eigenvalue weighted by Gasteiger charge is 2.15. The molecule has 1 heterocycles. The number of hydrogen-bond acceptors (Lipinski definition) is 5. The van der Waals surface area contributed by atoms with Gasteiger partial charge in [0.15, 0.2) is 0 Å². The molecule has 1 amide bonds. The lowest BCUT2D eigenvalue weighted by molar-refractivity contribution is 0.0950. The third-order valence-electron chi connectivity index (χ3n) is 4.21. The van der Waals surface area contributed by atoms with Crippen LogP contribution in [0.4, 0.5) is 5.95 Å². The quantitative estimate of drug-likeness (QED) is 0.853. The average molecular weight is 326 g/mol. The van der Waals surface area contributed by atoms with E-state index in [1.807, 2.05) is 24.3 Å². The summed E-state index contributed by atoms with van der Waals surface area (Å²) in [6, 6.07) is 8.04. The fourth-order valence-corrected chi connectivity index (χ4v) is 2.80. The third kappa shape index (κ3) is 4.22. The zero-order valence-electron chi connectivity index (χ0n) is 13.8. The first-order valence-corrected chi connectivity index (χ1v) is 8.24. The number of amides is 1. The smallest absolute Gasteiger partial charge is 0.254 e. The molecule has 6 heteroatoms. The van der Waals surface area contributed by atoms with Crippen LogP contribution in [0.1, 0.15) is 41.6 Å². The van der Waals surface area contributed by atoms with E-state index in [4.69, 9.17) is 4.74 Å². The Hall–Kier alpha value is -2.63. The molecule has 6 nitrogen and oxygen atoms in total. The van der Waals surface area contributed by atoms with Crippen LogP contribution in [0.2, 0.25) is 0 Å². The fourth-order valence-electron chi connectivity index (χ4n) is 2.80. The van der Waals surface area contributed by atoms with E-state index < -0.39 is 0 Å². The van der Waals surface area contributed by atoms with E-state index >= 15 is 0 Å². The van der Waals surface area contributed by atoms with Gasteiger partial charge in [-0.1, -0.05) is 25.0 Å². The maximum atomic E-state index is 12.2. The van der Waals surface area contributed by atoms with Gasteiger partial charge < -0.3 is 15.4 Å². The van der Waals surface area contributed by atoms with Gasteiger partial charge in [0.1, 0.15) is 5.75 Å². The Morgan fingerprint density at radius 1 is 1.17 bits per heavy atom. The number of aromatic nitrogens is 2. The molecule has 1 aliphatic rings. The number of carbonyl (C=O) groups is 1. The van der Waals surface area contributed by atoms with Crippen molar-refractivity contribution in [2.45, 2.75) is 38.3 Å². The summed E-state index contributed by atoms with van der Waals surface area (Å²) in [6.45, 7) is 0.449. The Morgan fingerprint density at radius 3 is 2.46 bits per heavy atom. The number of methoxy groups -OCH3 is 1. The number of nitrogens with one attached hydrogen (secondary N) is 2. The molecule has 24 heavy (non-hydrogen) atoms. The Labute approximate surface area is 141 Å². The lowest BCUT2D eigenvalue weighted by atomic mass is 10.2.